The van der Waals surface area contributed by atoms with Crippen LogP contribution in [0, 0.1) is 6.92 Å². The van der Waals surface area contributed by atoms with Crippen molar-refractivity contribution in [3.05, 3.63) is 70.6 Å². The molecule has 96 valence electrons. The summed E-state index contributed by atoms with van der Waals surface area (Å²) in [4.78, 5) is 0. The predicted octanol–water partition coefficient (Wildman–Crippen LogP) is 4.43. The van der Waals surface area contributed by atoms with Crippen molar-refractivity contribution >= 4 is 21.4 Å². The summed E-state index contributed by atoms with van der Waals surface area (Å²) in [5, 5.41) is 3.39. The van der Waals surface area contributed by atoms with Crippen LogP contribution in [-0.2, 0) is 5.54 Å². The number of hydrogen-bond acceptors (Lipinski definition) is 2. The molecule has 2 N–H and O–H groups in total. The van der Waals surface area contributed by atoms with E-state index in [4.69, 9.17) is 5.73 Å². The first kappa shape index (κ1) is 12.4. The quantitative estimate of drug-likeness (QED) is 0.730. The van der Waals surface area contributed by atoms with Crippen LogP contribution in [0.15, 0.2) is 53.9 Å². The van der Waals surface area contributed by atoms with Gasteiger partial charge in [-0.2, -0.15) is 0 Å². The van der Waals surface area contributed by atoms with Gasteiger partial charge in [-0.25, -0.2) is 0 Å². The lowest BCUT2D eigenvalue weighted by molar-refractivity contribution is 0.609. The van der Waals surface area contributed by atoms with Crippen LogP contribution in [0.4, 0.5) is 0 Å². The molecule has 0 spiro atoms. The first-order valence-corrected chi connectivity index (χ1v) is 7.30. The Balaban J connectivity index is 2.18. The highest BCUT2D eigenvalue weighted by atomic mass is 32.1. The largest absolute Gasteiger partial charge is 0.318 e. The Morgan fingerprint density at radius 3 is 2.47 bits per heavy atom. The highest BCUT2D eigenvalue weighted by Gasteiger charge is 2.25. The number of hydrogen-bond donors (Lipinski definition) is 1. The van der Waals surface area contributed by atoms with Crippen molar-refractivity contribution in [2.24, 2.45) is 5.73 Å². The molecule has 2 aromatic carbocycles. The molecule has 1 nitrogen and oxygen atoms in total. The van der Waals surface area contributed by atoms with Crippen molar-refractivity contribution in [1.82, 2.24) is 0 Å². The molecular formula is C17H17NS. The van der Waals surface area contributed by atoms with Gasteiger partial charge in [0.15, 0.2) is 0 Å². The van der Waals surface area contributed by atoms with Crippen molar-refractivity contribution in [2.75, 3.05) is 0 Å². The van der Waals surface area contributed by atoms with Gasteiger partial charge in [0.2, 0.25) is 0 Å². The second kappa shape index (κ2) is 4.48. The van der Waals surface area contributed by atoms with E-state index in [0.717, 1.165) is 5.56 Å². The average Bonchev–Trinajstić information content (AvgIpc) is 2.87. The highest BCUT2D eigenvalue weighted by Crippen LogP contribution is 2.34. The molecule has 2 heteroatoms. The van der Waals surface area contributed by atoms with Gasteiger partial charge in [-0.3, -0.25) is 0 Å². The molecule has 0 aliphatic heterocycles. The molecule has 0 saturated carbocycles. The van der Waals surface area contributed by atoms with E-state index in [-0.39, 0.29) is 0 Å². The summed E-state index contributed by atoms with van der Waals surface area (Å²) in [5.41, 5.74) is 9.79. The SMILES string of the molecule is Cc1ccc(C(C)(N)c2cccc3ccsc23)cc1. The van der Waals surface area contributed by atoms with E-state index in [0.29, 0.717) is 0 Å². The topological polar surface area (TPSA) is 26.0 Å². The zero-order valence-electron chi connectivity index (χ0n) is 11.2. The maximum Gasteiger partial charge on any atom is 0.0651 e. The smallest absolute Gasteiger partial charge is 0.0651 e. The fourth-order valence-electron chi connectivity index (χ4n) is 2.46. The summed E-state index contributed by atoms with van der Waals surface area (Å²) in [7, 11) is 0. The Bertz CT molecular complexity index is 707. The van der Waals surface area contributed by atoms with Gasteiger partial charge in [0.1, 0.15) is 0 Å². The van der Waals surface area contributed by atoms with E-state index in [1.54, 1.807) is 11.3 Å². The summed E-state index contributed by atoms with van der Waals surface area (Å²) in [6, 6.07) is 17.0. The van der Waals surface area contributed by atoms with Crippen LogP contribution in [0.1, 0.15) is 23.6 Å². The van der Waals surface area contributed by atoms with Crippen molar-refractivity contribution in [2.45, 2.75) is 19.4 Å². The van der Waals surface area contributed by atoms with E-state index >= 15 is 0 Å². The van der Waals surface area contributed by atoms with Gasteiger partial charge in [0, 0.05) is 4.70 Å². The van der Waals surface area contributed by atoms with Crippen LogP contribution in [0.25, 0.3) is 10.1 Å². The first-order chi connectivity index (χ1) is 9.09. The Hall–Kier alpha value is -1.64. The summed E-state index contributed by atoms with van der Waals surface area (Å²) < 4.78 is 1.29. The number of aryl methyl sites for hydroxylation is 1. The summed E-state index contributed by atoms with van der Waals surface area (Å²) in [6.45, 7) is 4.18. The average molecular weight is 267 g/mol. The van der Waals surface area contributed by atoms with Gasteiger partial charge in [0.25, 0.3) is 0 Å². The maximum atomic E-state index is 6.64. The van der Waals surface area contributed by atoms with E-state index in [9.17, 15) is 0 Å². The molecule has 0 aliphatic rings. The molecule has 1 atom stereocenters. The van der Waals surface area contributed by atoms with Gasteiger partial charge in [-0.1, -0.05) is 48.0 Å². The third-order valence-electron chi connectivity index (χ3n) is 3.69. The Morgan fingerprint density at radius 2 is 1.74 bits per heavy atom. The van der Waals surface area contributed by atoms with Crippen LogP contribution in [0.3, 0.4) is 0 Å². The maximum absolute atomic E-state index is 6.64. The molecule has 19 heavy (non-hydrogen) atoms. The number of rotatable bonds is 2. The van der Waals surface area contributed by atoms with Crippen LogP contribution < -0.4 is 5.73 Å². The molecule has 0 bridgehead atoms. The van der Waals surface area contributed by atoms with Crippen LogP contribution in [-0.4, -0.2) is 0 Å². The fraction of sp³-hybridized carbons (Fsp3) is 0.176. The molecule has 1 unspecified atom stereocenters. The minimum atomic E-state index is -0.460. The number of nitrogens with two attached hydrogens (primary N) is 1. The highest BCUT2D eigenvalue weighted by molar-refractivity contribution is 7.17. The molecule has 0 amide bonds. The lowest BCUT2D eigenvalue weighted by Gasteiger charge is -2.26. The first-order valence-electron chi connectivity index (χ1n) is 6.42. The number of benzene rings is 2. The Morgan fingerprint density at radius 1 is 1.00 bits per heavy atom. The van der Waals surface area contributed by atoms with Crippen molar-refractivity contribution in [3.63, 3.8) is 0 Å². The van der Waals surface area contributed by atoms with Gasteiger partial charge in [-0.15, -0.1) is 11.3 Å². The second-order valence-electron chi connectivity index (χ2n) is 5.21. The molecule has 0 saturated heterocycles. The minimum Gasteiger partial charge on any atom is -0.318 e. The predicted molar refractivity (Wildman–Crippen MR) is 83.6 cm³/mol. The lowest BCUT2D eigenvalue weighted by atomic mass is 9.85. The molecule has 0 aliphatic carbocycles. The van der Waals surface area contributed by atoms with E-state index in [2.05, 4.69) is 67.8 Å². The minimum absolute atomic E-state index is 0.460. The summed E-state index contributed by atoms with van der Waals surface area (Å²) in [6.07, 6.45) is 0. The van der Waals surface area contributed by atoms with E-state index in [1.807, 2.05) is 0 Å². The normalized spacial score (nSPS) is 14.5. The Kier molecular flexibility index (Phi) is 2.92. The van der Waals surface area contributed by atoms with Gasteiger partial charge >= 0.3 is 0 Å². The number of fused-ring (bicyclic) bond motifs is 1. The summed E-state index contributed by atoms with van der Waals surface area (Å²) in [5.74, 6) is 0. The Labute approximate surface area is 117 Å². The van der Waals surface area contributed by atoms with Crippen LogP contribution in [0.5, 0.6) is 0 Å². The van der Waals surface area contributed by atoms with Crippen molar-refractivity contribution < 1.29 is 0 Å². The fourth-order valence-corrected chi connectivity index (χ4v) is 3.49. The van der Waals surface area contributed by atoms with Gasteiger partial charge in [-0.05, 0) is 41.8 Å². The molecule has 1 heterocycles. The standard InChI is InChI=1S/C17H17NS/c1-12-6-8-14(9-7-12)17(2,18)15-5-3-4-13-10-11-19-16(13)15/h3-11H,18H2,1-2H3. The van der Waals surface area contributed by atoms with Gasteiger partial charge in [0.05, 0.1) is 5.54 Å². The molecule has 1 aromatic heterocycles. The second-order valence-corrected chi connectivity index (χ2v) is 6.13. The summed E-state index contributed by atoms with van der Waals surface area (Å²) >= 11 is 1.76. The van der Waals surface area contributed by atoms with Crippen molar-refractivity contribution in [3.8, 4) is 0 Å². The lowest BCUT2D eigenvalue weighted by Crippen LogP contribution is -2.34. The van der Waals surface area contributed by atoms with Crippen LogP contribution >= 0.6 is 11.3 Å². The third kappa shape index (κ3) is 2.07. The molecule has 3 rings (SSSR count). The van der Waals surface area contributed by atoms with Gasteiger partial charge < -0.3 is 5.73 Å². The van der Waals surface area contributed by atoms with E-state index < -0.39 is 5.54 Å². The molecular weight excluding hydrogens is 250 g/mol. The zero-order valence-corrected chi connectivity index (χ0v) is 12.0. The number of thiophene rings is 1. The molecule has 3 aromatic rings. The molecule has 0 radical (unpaired) electrons. The third-order valence-corrected chi connectivity index (χ3v) is 4.65. The van der Waals surface area contributed by atoms with Crippen LogP contribution in [0.2, 0.25) is 0 Å². The monoisotopic (exact) mass is 267 g/mol. The van der Waals surface area contributed by atoms with E-state index in [1.165, 1.54) is 21.2 Å². The van der Waals surface area contributed by atoms with Crippen molar-refractivity contribution in [1.29, 1.82) is 0 Å². The zero-order chi connectivity index (χ0) is 13.5. The molecule has 0 fully saturated rings.